The maximum absolute atomic E-state index is 10.7. The first kappa shape index (κ1) is 30.0. The second kappa shape index (κ2) is 11.8. The number of benzene rings is 4. The minimum absolute atomic E-state index is 0.0977. The zero-order valence-electron chi connectivity index (χ0n) is 27.2. The summed E-state index contributed by atoms with van der Waals surface area (Å²) >= 11 is 0. The van der Waals surface area contributed by atoms with E-state index in [1.165, 1.54) is 33.4 Å². The first-order chi connectivity index (χ1) is 21.5. The summed E-state index contributed by atoms with van der Waals surface area (Å²) in [6, 6.07) is 35.5. The van der Waals surface area contributed by atoms with Crippen molar-refractivity contribution in [3.8, 4) is 61.8 Å². The van der Waals surface area contributed by atoms with Gasteiger partial charge in [-0.05, 0) is 115 Å². The summed E-state index contributed by atoms with van der Waals surface area (Å²) in [6.45, 7) is 15.4. The third-order valence-electron chi connectivity index (χ3n) is 8.46. The van der Waals surface area contributed by atoms with Crippen LogP contribution >= 0.6 is 0 Å². The summed E-state index contributed by atoms with van der Waals surface area (Å²) in [5.74, 6) is 0.212. The Morgan fingerprint density at radius 3 is 1.80 bits per heavy atom. The molecule has 2 heterocycles. The molecule has 0 aliphatic heterocycles. The van der Waals surface area contributed by atoms with E-state index in [-0.39, 0.29) is 11.2 Å². The second-order valence-electron chi connectivity index (χ2n) is 13.3. The Labute approximate surface area is 267 Å². The lowest BCUT2D eigenvalue weighted by molar-refractivity contribution is 0.477. The van der Waals surface area contributed by atoms with Crippen molar-refractivity contribution in [1.82, 2.24) is 9.97 Å². The van der Waals surface area contributed by atoms with E-state index in [0.29, 0.717) is 5.56 Å². The molecule has 0 unspecified atom stereocenters. The minimum Gasteiger partial charge on any atom is -0.507 e. The van der Waals surface area contributed by atoms with Crippen molar-refractivity contribution in [3.63, 3.8) is 0 Å². The van der Waals surface area contributed by atoms with Gasteiger partial charge < -0.3 is 5.11 Å². The molecule has 0 amide bonds. The number of nitrogens with zero attached hydrogens (tertiary/aromatic N) is 2. The van der Waals surface area contributed by atoms with Crippen molar-refractivity contribution in [3.05, 3.63) is 137 Å². The fourth-order valence-electron chi connectivity index (χ4n) is 6.25. The van der Waals surface area contributed by atoms with Crippen molar-refractivity contribution in [2.75, 3.05) is 0 Å². The van der Waals surface area contributed by atoms with Gasteiger partial charge in [-0.3, -0.25) is 4.98 Å². The van der Waals surface area contributed by atoms with Gasteiger partial charge in [-0.1, -0.05) is 92.6 Å². The van der Waals surface area contributed by atoms with Crippen LogP contribution in [0.2, 0.25) is 0 Å². The summed E-state index contributed by atoms with van der Waals surface area (Å²) in [4.78, 5) is 9.87. The van der Waals surface area contributed by atoms with E-state index in [1.807, 2.05) is 24.4 Å². The molecule has 3 heteroatoms. The van der Waals surface area contributed by atoms with Gasteiger partial charge in [-0.25, -0.2) is 4.98 Å². The SMILES string of the molecule is Cc1cc(C)cc(-c2cc(-c3cccc(-c4cc(-c5c(C)cc(C(C)(C)C)cc5C)ccn4)c3)nc(-c3ccccc3O)c2)c1. The van der Waals surface area contributed by atoms with Crippen molar-refractivity contribution < 1.29 is 5.11 Å². The molecule has 3 nitrogen and oxygen atoms in total. The smallest absolute Gasteiger partial charge is 0.124 e. The molecule has 2 aromatic heterocycles. The third kappa shape index (κ3) is 6.30. The molecule has 0 radical (unpaired) electrons. The standard InChI is InChI=1S/C42H40N2O/c1-26-17-27(2)19-33(18-26)34-24-38(44-39(25-34)36-13-8-9-14-40(36)45)31-12-10-11-30(22-31)37-23-32(15-16-43-37)41-28(3)20-35(21-29(41)4)42(5,6)7/h8-25,45H,1-7H3. The van der Waals surface area contributed by atoms with Gasteiger partial charge in [0.2, 0.25) is 0 Å². The highest BCUT2D eigenvalue weighted by atomic mass is 16.3. The predicted molar refractivity (Wildman–Crippen MR) is 189 cm³/mol. The Bertz CT molecular complexity index is 2000. The predicted octanol–water partition coefficient (Wildman–Crippen LogP) is 11.0. The number of pyridine rings is 2. The van der Waals surface area contributed by atoms with Gasteiger partial charge >= 0.3 is 0 Å². The van der Waals surface area contributed by atoms with Crippen LogP contribution in [0.3, 0.4) is 0 Å². The van der Waals surface area contributed by atoms with Crippen LogP contribution in [0.25, 0.3) is 56.0 Å². The average molecular weight is 589 g/mol. The summed E-state index contributed by atoms with van der Waals surface area (Å²) in [5, 5.41) is 10.7. The molecule has 4 aromatic carbocycles. The molecule has 6 rings (SSSR count). The van der Waals surface area contributed by atoms with E-state index in [4.69, 9.17) is 9.97 Å². The van der Waals surface area contributed by atoms with Gasteiger partial charge in [0.05, 0.1) is 17.1 Å². The number of aromatic hydroxyl groups is 1. The molecule has 0 saturated heterocycles. The van der Waals surface area contributed by atoms with E-state index in [9.17, 15) is 5.11 Å². The lowest BCUT2D eigenvalue weighted by atomic mass is 9.82. The van der Waals surface area contributed by atoms with Crippen LogP contribution in [0.15, 0.2) is 109 Å². The van der Waals surface area contributed by atoms with Crippen LogP contribution in [-0.2, 0) is 5.41 Å². The Balaban J connectivity index is 1.45. The number of para-hydroxylation sites is 1. The maximum atomic E-state index is 10.7. The van der Waals surface area contributed by atoms with E-state index in [2.05, 4.69) is 127 Å². The molecule has 0 aliphatic rings. The van der Waals surface area contributed by atoms with Gasteiger partial charge in [0.25, 0.3) is 0 Å². The number of rotatable bonds is 5. The monoisotopic (exact) mass is 588 g/mol. The van der Waals surface area contributed by atoms with Crippen LogP contribution in [0.4, 0.5) is 0 Å². The molecule has 0 fully saturated rings. The van der Waals surface area contributed by atoms with Crippen molar-refractivity contribution >= 4 is 0 Å². The first-order valence-corrected chi connectivity index (χ1v) is 15.5. The first-order valence-electron chi connectivity index (χ1n) is 15.5. The van der Waals surface area contributed by atoms with Gasteiger partial charge in [0.1, 0.15) is 5.75 Å². The molecular formula is C42H40N2O. The summed E-state index contributed by atoms with van der Waals surface area (Å²) in [7, 11) is 0. The highest BCUT2D eigenvalue weighted by molar-refractivity contribution is 5.81. The fourth-order valence-corrected chi connectivity index (χ4v) is 6.25. The number of hydrogen-bond donors (Lipinski definition) is 1. The van der Waals surface area contributed by atoms with Crippen LogP contribution in [0.5, 0.6) is 5.75 Å². The summed E-state index contributed by atoms with van der Waals surface area (Å²) in [6.07, 6.45) is 1.91. The lowest BCUT2D eigenvalue weighted by Gasteiger charge is -2.22. The van der Waals surface area contributed by atoms with Gasteiger partial charge in [0.15, 0.2) is 0 Å². The van der Waals surface area contributed by atoms with E-state index < -0.39 is 0 Å². The van der Waals surface area contributed by atoms with E-state index in [0.717, 1.165) is 44.9 Å². The quantitative estimate of drug-likeness (QED) is 0.218. The zero-order valence-corrected chi connectivity index (χ0v) is 27.2. The zero-order chi connectivity index (χ0) is 31.9. The van der Waals surface area contributed by atoms with Crippen molar-refractivity contribution in [1.29, 1.82) is 0 Å². The number of aryl methyl sites for hydroxylation is 4. The maximum Gasteiger partial charge on any atom is 0.124 e. The van der Waals surface area contributed by atoms with Crippen LogP contribution in [0, 0.1) is 27.7 Å². The van der Waals surface area contributed by atoms with Crippen molar-refractivity contribution in [2.24, 2.45) is 0 Å². The van der Waals surface area contributed by atoms with Gasteiger partial charge in [0, 0.05) is 22.9 Å². The molecule has 45 heavy (non-hydrogen) atoms. The molecule has 0 bridgehead atoms. The molecular weight excluding hydrogens is 548 g/mol. The van der Waals surface area contributed by atoms with Gasteiger partial charge in [-0.15, -0.1) is 0 Å². The highest BCUT2D eigenvalue weighted by Crippen LogP contribution is 2.37. The van der Waals surface area contributed by atoms with Gasteiger partial charge in [-0.2, -0.15) is 0 Å². The molecule has 224 valence electrons. The molecule has 0 saturated carbocycles. The molecule has 6 aromatic rings. The van der Waals surface area contributed by atoms with E-state index in [1.54, 1.807) is 6.07 Å². The third-order valence-corrected chi connectivity index (χ3v) is 8.46. The van der Waals surface area contributed by atoms with E-state index >= 15 is 0 Å². The Morgan fingerprint density at radius 1 is 0.533 bits per heavy atom. The number of phenolic OH excluding ortho intramolecular Hbond substituents is 1. The minimum atomic E-state index is 0.0977. The molecule has 0 aliphatic carbocycles. The molecule has 1 N–H and O–H groups in total. The molecule has 0 spiro atoms. The normalized spacial score (nSPS) is 11.5. The van der Waals surface area contributed by atoms with Crippen LogP contribution in [-0.4, -0.2) is 15.1 Å². The topological polar surface area (TPSA) is 46.0 Å². The Morgan fingerprint density at radius 2 is 1.13 bits per heavy atom. The van der Waals surface area contributed by atoms with Crippen LogP contribution in [0.1, 0.15) is 48.6 Å². The summed E-state index contributed by atoms with van der Waals surface area (Å²) in [5.41, 5.74) is 16.2. The molecule has 0 atom stereocenters. The summed E-state index contributed by atoms with van der Waals surface area (Å²) < 4.78 is 0. The number of hydrogen-bond acceptors (Lipinski definition) is 3. The van der Waals surface area contributed by atoms with Crippen LogP contribution < -0.4 is 0 Å². The Kier molecular flexibility index (Phi) is 7.88. The highest BCUT2D eigenvalue weighted by Gasteiger charge is 2.18. The average Bonchev–Trinajstić information content (AvgIpc) is 3.00. The number of aromatic nitrogens is 2. The van der Waals surface area contributed by atoms with Crippen molar-refractivity contribution in [2.45, 2.75) is 53.9 Å². The fraction of sp³-hybridized carbons (Fsp3) is 0.190. The number of phenols is 1. The lowest BCUT2D eigenvalue weighted by Crippen LogP contribution is -2.12. The Hall–Kier alpha value is -5.02. The largest absolute Gasteiger partial charge is 0.507 e. The second-order valence-corrected chi connectivity index (χ2v) is 13.3.